The molecule has 0 saturated heterocycles. The molecular formula is C19H26O4. The van der Waals surface area contributed by atoms with Crippen LogP contribution in [0.25, 0.3) is 0 Å². The van der Waals surface area contributed by atoms with E-state index in [1.54, 1.807) is 0 Å². The highest BCUT2D eigenvalue weighted by molar-refractivity contribution is 5.91. The Morgan fingerprint density at radius 2 is 1.96 bits per heavy atom. The third kappa shape index (κ3) is 1.81. The summed E-state index contributed by atoms with van der Waals surface area (Å²) >= 11 is 0. The molecule has 126 valence electrons. The van der Waals surface area contributed by atoms with Gasteiger partial charge in [0, 0.05) is 24.2 Å². The van der Waals surface area contributed by atoms with Crippen LogP contribution < -0.4 is 0 Å². The lowest BCUT2D eigenvalue weighted by atomic mass is 9.43. The zero-order valence-corrected chi connectivity index (χ0v) is 14.0. The third-order valence-corrected chi connectivity index (χ3v) is 8.10. The summed E-state index contributed by atoms with van der Waals surface area (Å²) in [7, 11) is 0. The highest BCUT2D eigenvalue weighted by Crippen LogP contribution is 2.69. The summed E-state index contributed by atoms with van der Waals surface area (Å²) in [6.07, 6.45) is 5.33. The molecule has 23 heavy (non-hydrogen) atoms. The molecule has 0 amide bonds. The predicted octanol–water partition coefficient (Wildman–Crippen LogP) is 3.09. The van der Waals surface area contributed by atoms with E-state index in [0.29, 0.717) is 18.1 Å². The molecule has 4 nitrogen and oxygen atoms in total. The van der Waals surface area contributed by atoms with Crippen LogP contribution in [0.15, 0.2) is 0 Å². The number of ketones is 2. The molecule has 0 heterocycles. The summed E-state index contributed by atoms with van der Waals surface area (Å²) in [4.78, 5) is 37.1. The molecule has 2 bridgehead atoms. The summed E-state index contributed by atoms with van der Waals surface area (Å²) < 4.78 is 0. The number of carbonyl (C=O) groups is 3. The topological polar surface area (TPSA) is 71.4 Å². The average molecular weight is 318 g/mol. The maximum atomic E-state index is 13.1. The SMILES string of the molecule is C[C@@H]1C(=O)[C@]23CC[C@H]4[C@H](C(=O)O)CC(=O)C[C@]4(C)[C@H]2CC[C@H]1C3. The summed E-state index contributed by atoms with van der Waals surface area (Å²) in [5.74, 6) is 0.0176. The number of carboxylic acid groups (broad SMARTS) is 1. The number of fused-ring (bicyclic) bond motifs is 3. The second-order valence-corrected chi connectivity index (χ2v) is 8.92. The number of rotatable bonds is 1. The molecule has 0 aromatic heterocycles. The third-order valence-electron chi connectivity index (χ3n) is 8.10. The van der Waals surface area contributed by atoms with Crippen molar-refractivity contribution in [1.82, 2.24) is 0 Å². The first-order chi connectivity index (χ1) is 10.8. The fraction of sp³-hybridized carbons (Fsp3) is 0.842. The van der Waals surface area contributed by atoms with Gasteiger partial charge >= 0.3 is 5.97 Å². The van der Waals surface area contributed by atoms with E-state index >= 15 is 0 Å². The molecule has 4 saturated carbocycles. The Hall–Kier alpha value is -1.19. The number of hydrogen-bond acceptors (Lipinski definition) is 3. The first kappa shape index (κ1) is 15.3. The van der Waals surface area contributed by atoms with E-state index in [-0.39, 0.29) is 40.8 Å². The van der Waals surface area contributed by atoms with Crippen LogP contribution in [-0.4, -0.2) is 22.6 Å². The van der Waals surface area contributed by atoms with Gasteiger partial charge in [-0.1, -0.05) is 13.8 Å². The van der Waals surface area contributed by atoms with Crippen LogP contribution in [0, 0.1) is 40.4 Å². The molecule has 1 spiro atoms. The molecule has 4 aliphatic rings. The van der Waals surface area contributed by atoms with E-state index in [9.17, 15) is 19.5 Å². The molecular weight excluding hydrogens is 292 g/mol. The van der Waals surface area contributed by atoms with Gasteiger partial charge in [0.15, 0.2) is 0 Å². The Bertz CT molecular complexity index is 596. The number of aliphatic carboxylic acids is 1. The minimum Gasteiger partial charge on any atom is -0.481 e. The number of carboxylic acids is 1. The van der Waals surface area contributed by atoms with Crippen molar-refractivity contribution >= 4 is 17.5 Å². The highest BCUT2D eigenvalue weighted by atomic mass is 16.4. The highest BCUT2D eigenvalue weighted by Gasteiger charge is 2.67. The molecule has 0 aromatic carbocycles. The number of Topliss-reactive ketones (excluding diaryl/α,β-unsaturated/α-hetero) is 2. The summed E-state index contributed by atoms with van der Waals surface area (Å²) in [6, 6.07) is 0. The summed E-state index contributed by atoms with van der Waals surface area (Å²) in [5.41, 5.74) is -0.560. The number of hydrogen-bond donors (Lipinski definition) is 1. The molecule has 0 radical (unpaired) electrons. The second-order valence-electron chi connectivity index (χ2n) is 8.92. The Kier molecular flexibility index (Phi) is 3.12. The van der Waals surface area contributed by atoms with Crippen LogP contribution >= 0.6 is 0 Å². The van der Waals surface area contributed by atoms with Gasteiger partial charge in [-0.25, -0.2) is 0 Å². The first-order valence-corrected chi connectivity index (χ1v) is 9.08. The Morgan fingerprint density at radius 3 is 2.65 bits per heavy atom. The Labute approximate surface area is 137 Å². The monoisotopic (exact) mass is 318 g/mol. The largest absolute Gasteiger partial charge is 0.481 e. The van der Waals surface area contributed by atoms with Crippen molar-refractivity contribution in [2.24, 2.45) is 40.4 Å². The van der Waals surface area contributed by atoms with E-state index in [2.05, 4.69) is 13.8 Å². The zero-order valence-electron chi connectivity index (χ0n) is 14.0. The fourth-order valence-corrected chi connectivity index (χ4v) is 7.16. The molecule has 4 fully saturated rings. The van der Waals surface area contributed by atoms with Crippen LogP contribution in [0.5, 0.6) is 0 Å². The molecule has 0 aromatic rings. The quantitative estimate of drug-likeness (QED) is 0.806. The molecule has 1 N–H and O–H groups in total. The molecule has 7 atom stereocenters. The van der Waals surface area contributed by atoms with Crippen molar-refractivity contribution in [3.63, 3.8) is 0 Å². The van der Waals surface area contributed by atoms with E-state index in [4.69, 9.17) is 0 Å². The normalized spacial score (nSPS) is 52.0. The zero-order chi connectivity index (χ0) is 16.6. The smallest absolute Gasteiger partial charge is 0.307 e. The van der Waals surface area contributed by atoms with Gasteiger partial charge in [-0.2, -0.15) is 0 Å². The standard InChI is InChI=1S/C19H26O4/c1-10-11-3-4-15-18(2)9-12(20)7-13(17(22)23)14(18)5-6-19(15,8-11)16(10)21/h10-11,13-15H,3-9H2,1-2H3,(H,22,23)/t10-,11-,13+,14-,15+,18-,19-/m0/s1. The maximum Gasteiger partial charge on any atom is 0.307 e. The first-order valence-electron chi connectivity index (χ1n) is 9.08. The van der Waals surface area contributed by atoms with Gasteiger partial charge in [0.05, 0.1) is 5.92 Å². The lowest BCUT2D eigenvalue weighted by molar-refractivity contribution is -0.171. The van der Waals surface area contributed by atoms with Crippen LogP contribution in [-0.2, 0) is 14.4 Å². The molecule has 0 aliphatic heterocycles. The van der Waals surface area contributed by atoms with Gasteiger partial charge in [-0.15, -0.1) is 0 Å². The Balaban J connectivity index is 1.77. The van der Waals surface area contributed by atoms with Gasteiger partial charge in [0.25, 0.3) is 0 Å². The van der Waals surface area contributed by atoms with Gasteiger partial charge < -0.3 is 5.11 Å². The van der Waals surface area contributed by atoms with E-state index in [1.807, 2.05) is 0 Å². The van der Waals surface area contributed by atoms with Gasteiger partial charge in [0.1, 0.15) is 11.6 Å². The average Bonchev–Trinajstić information content (AvgIpc) is 2.66. The van der Waals surface area contributed by atoms with Gasteiger partial charge in [0.2, 0.25) is 0 Å². The number of carbonyl (C=O) groups excluding carboxylic acids is 2. The lowest BCUT2D eigenvalue weighted by Gasteiger charge is -2.59. The van der Waals surface area contributed by atoms with Gasteiger partial charge in [-0.05, 0) is 55.3 Å². The van der Waals surface area contributed by atoms with E-state index < -0.39 is 11.9 Å². The lowest BCUT2D eigenvalue weighted by Crippen LogP contribution is -2.58. The molecule has 4 aliphatic carbocycles. The molecule has 4 rings (SSSR count). The van der Waals surface area contributed by atoms with Crippen LogP contribution in [0.1, 0.15) is 58.8 Å². The van der Waals surface area contributed by atoms with Crippen LogP contribution in [0.4, 0.5) is 0 Å². The van der Waals surface area contributed by atoms with E-state index in [1.165, 1.54) is 0 Å². The van der Waals surface area contributed by atoms with Crippen LogP contribution in [0.2, 0.25) is 0 Å². The predicted molar refractivity (Wildman–Crippen MR) is 83.6 cm³/mol. The van der Waals surface area contributed by atoms with Crippen LogP contribution in [0.3, 0.4) is 0 Å². The van der Waals surface area contributed by atoms with Crippen molar-refractivity contribution < 1.29 is 19.5 Å². The Morgan fingerprint density at radius 1 is 1.22 bits per heavy atom. The molecule has 4 heteroatoms. The molecule has 0 unspecified atom stereocenters. The van der Waals surface area contributed by atoms with Crippen molar-refractivity contribution in [3.8, 4) is 0 Å². The van der Waals surface area contributed by atoms with Crippen molar-refractivity contribution in [1.29, 1.82) is 0 Å². The fourth-order valence-electron chi connectivity index (χ4n) is 7.16. The summed E-state index contributed by atoms with van der Waals surface area (Å²) in [6.45, 7) is 4.19. The second kappa shape index (κ2) is 4.67. The van der Waals surface area contributed by atoms with Crippen molar-refractivity contribution in [2.75, 3.05) is 0 Å². The summed E-state index contributed by atoms with van der Waals surface area (Å²) in [5, 5.41) is 9.61. The maximum absolute atomic E-state index is 13.1. The minimum absolute atomic E-state index is 0.0496. The van der Waals surface area contributed by atoms with Crippen molar-refractivity contribution in [3.05, 3.63) is 0 Å². The van der Waals surface area contributed by atoms with E-state index in [0.717, 1.165) is 32.1 Å². The minimum atomic E-state index is -0.829. The van der Waals surface area contributed by atoms with Gasteiger partial charge in [-0.3, -0.25) is 14.4 Å². The van der Waals surface area contributed by atoms with Crippen molar-refractivity contribution in [2.45, 2.75) is 58.8 Å².